The first-order valence-corrected chi connectivity index (χ1v) is 6.37. The second-order valence-corrected chi connectivity index (χ2v) is 4.92. The molecule has 0 spiro atoms. The van der Waals surface area contributed by atoms with Crippen LogP contribution in [0.2, 0.25) is 0 Å². The largest absolute Gasteiger partial charge is 0.384 e. The maximum absolute atomic E-state index is 11.5. The minimum absolute atomic E-state index is 0.266. The summed E-state index contributed by atoms with van der Waals surface area (Å²) < 4.78 is 5.39. The Balaban J connectivity index is 2.29. The summed E-state index contributed by atoms with van der Waals surface area (Å²) in [6, 6.07) is 1.80. The number of rotatable bonds is 3. The van der Waals surface area contributed by atoms with E-state index in [-0.39, 0.29) is 12.1 Å². The third-order valence-electron chi connectivity index (χ3n) is 3.64. The number of amides is 1. The van der Waals surface area contributed by atoms with Crippen molar-refractivity contribution in [2.24, 2.45) is 5.73 Å². The van der Waals surface area contributed by atoms with Crippen LogP contribution in [0, 0.1) is 0 Å². The van der Waals surface area contributed by atoms with Crippen LogP contribution in [-0.4, -0.2) is 36.7 Å². The summed E-state index contributed by atoms with van der Waals surface area (Å²) >= 11 is 0. The molecule has 1 saturated heterocycles. The van der Waals surface area contributed by atoms with Crippen LogP contribution in [0.25, 0.3) is 0 Å². The number of nitrogens with two attached hydrogens (primary N) is 2. The van der Waals surface area contributed by atoms with Crippen molar-refractivity contribution in [2.45, 2.75) is 31.9 Å². The molecular formula is C13H20N4O2. The number of hydrogen-bond donors (Lipinski definition) is 2. The lowest BCUT2D eigenvalue weighted by molar-refractivity contribution is 0.0720. The SMILES string of the molecule is COC1CCN(c2cnc(N)cc2C(N)=O)C(C)C1. The lowest BCUT2D eigenvalue weighted by atomic mass is 9.99. The normalized spacial score (nSPS) is 23.4. The van der Waals surface area contributed by atoms with E-state index in [4.69, 9.17) is 16.2 Å². The van der Waals surface area contributed by atoms with Gasteiger partial charge >= 0.3 is 0 Å². The van der Waals surface area contributed by atoms with E-state index in [2.05, 4.69) is 16.8 Å². The Kier molecular flexibility index (Phi) is 3.90. The van der Waals surface area contributed by atoms with Gasteiger partial charge in [-0.25, -0.2) is 4.98 Å². The van der Waals surface area contributed by atoms with E-state index in [1.54, 1.807) is 13.3 Å². The van der Waals surface area contributed by atoms with Gasteiger partial charge < -0.3 is 21.1 Å². The third-order valence-corrected chi connectivity index (χ3v) is 3.64. The van der Waals surface area contributed by atoms with Gasteiger partial charge in [-0.05, 0) is 25.8 Å². The fourth-order valence-electron chi connectivity index (χ4n) is 2.59. The lowest BCUT2D eigenvalue weighted by Crippen LogP contribution is -2.44. The van der Waals surface area contributed by atoms with E-state index < -0.39 is 5.91 Å². The molecule has 1 aliphatic rings. The van der Waals surface area contributed by atoms with Gasteiger partial charge in [0.25, 0.3) is 5.91 Å². The van der Waals surface area contributed by atoms with Crippen molar-refractivity contribution in [3.63, 3.8) is 0 Å². The molecule has 2 unspecified atom stereocenters. The maximum atomic E-state index is 11.5. The molecule has 0 bridgehead atoms. The monoisotopic (exact) mass is 264 g/mol. The number of methoxy groups -OCH3 is 1. The van der Waals surface area contributed by atoms with Crippen LogP contribution in [0.3, 0.4) is 0 Å². The topological polar surface area (TPSA) is 94.5 Å². The lowest BCUT2D eigenvalue weighted by Gasteiger charge is -2.39. The predicted octanol–water partition coefficient (Wildman–Crippen LogP) is 0.766. The Bertz CT molecular complexity index is 478. The molecule has 2 rings (SSSR count). The molecule has 2 heterocycles. The number of nitrogens with zero attached hydrogens (tertiary/aromatic N) is 2. The van der Waals surface area contributed by atoms with E-state index >= 15 is 0 Å². The van der Waals surface area contributed by atoms with Crippen LogP contribution in [-0.2, 0) is 4.74 Å². The fraction of sp³-hybridized carbons (Fsp3) is 0.538. The Morgan fingerprint density at radius 3 is 2.89 bits per heavy atom. The predicted molar refractivity (Wildman–Crippen MR) is 74.0 cm³/mol. The highest BCUT2D eigenvalue weighted by atomic mass is 16.5. The van der Waals surface area contributed by atoms with E-state index in [1.165, 1.54) is 6.07 Å². The van der Waals surface area contributed by atoms with Gasteiger partial charge in [-0.1, -0.05) is 0 Å². The van der Waals surface area contributed by atoms with E-state index in [0.29, 0.717) is 11.4 Å². The fourth-order valence-corrected chi connectivity index (χ4v) is 2.59. The number of anilines is 2. The summed E-state index contributed by atoms with van der Waals surface area (Å²) in [7, 11) is 1.73. The zero-order valence-corrected chi connectivity index (χ0v) is 11.3. The van der Waals surface area contributed by atoms with Crippen LogP contribution in [0.15, 0.2) is 12.3 Å². The highest BCUT2D eigenvalue weighted by Crippen LogP contribution is 2.28. The molecule has 104 valence electrons. The zero-order chi connectivity index (χ0) is 14.0. The smallest absolute Gasteiger partial charge is 0.251 e. The van der Waals surface area contributed by atoms with E-state index in [9.17, 15) is 4.79 Å². The second kappa shape index (κ2) is 5.44. The van der Waals surface area contributed by atoms with Crippen molar-refractivity contribution in [2.75, 3.05) is 24.3 Å². The van der Waals surface area contributed by atoms with E-state index in [0.717, 1.165) is 25.1 Å². The molecule has 1 aliphatic heterocycles. The number of carbonyl (C=O) groups excluding carboxylic acids is 1. The second-order valence-electron chi connectivity index (χ2n) is 4.92. The van der Waals surface area contributed by atoms with Crippen molar-refractivity contribution in [3.8, 4) is 0 Å². The Labute approximate surface area is 112 Å². The average molecular weight is 264 g/mol. The summed E-state index contributed by atoms with van der Waals surface area (Å²) in [5, 5.41) is 0. The first-order valence-electron chi connectivity index (χ1n) is 6.37. The number of nitrogen functional groups attached to an aromatic ring is 1. The van der Waals surface area contributed by atoms with Crippen LogP contribution < -0.4 is 16.4 Å². The molecule has 1 amide bonds. The third kappa shape index (κ3) is 2.78. The van der Waals surface area contributed by atoms with Gasteiger partial charge in [0.2, 0.25) is 0 Å². The Morgan fingerprint density at radius 2 is 2.32 bits per heavy atom. The van der Waals surface area contributed by atoms with Gasteiger partial charge in [-0.2, -0.15) is 0 Å². The van der Waals surface area contributed by atoms with Crippen molar-refractivity contribution in [1.82, 2.24) is 4.98 Å². The van der Waals surface area contributed by atoms with Gasteiger partial charge in [0.05, 0.1) is 23.6 Å². The Hall–Kier alpha value is -1.82. The average Bonchev–Trinajstić information content (AvgIpc) is 2.39. The van der Waals surface area contributed by atoms with Crippen LogP contribution in [0.1, 0.15) is 30.1 Å². The first kappa shape index (κ1) is 13.6. The highest BCUT2D eigenvalue weighted by Gasteiger charge is 2.28. The van der Waals surface area contributed by atoms with Crippen LogP contribution >= 0.6 is 0 Å². The summed E-state index contributed by atoms with van der Waals surface area (Å²) in [5.41, 5.74) is 12.2. The number of carbonyl (C=O) groups is 1. The number of primary amides is 1. The van der Waals surface area contributed by atoms with Crippen molar-refractivity contribution in [3.05, 3.63) is 17.8 Å². The van der Waals surface area contributed by atoms with Crippen molar-refractivity contribution >= 4 is 17.4 Å². The van der Waals surface area contributed by atoms with Gasteiger partial charge in [-0.15, -0.1) is 0 Å². The standard InChI is InChI=1S/C13H20N4O2/c1-8-5-9(19-2)3-4-17(8)11-7-16-12(14)6-10(11)13(15)18/h6-9H,3-5H2,1-2H3,(H2,14,16)(H2,15,18). The van der Waals surface area contributed by atoms with Crippen molar-refractivity contribution in [1.29, 1.82) is 0 Å². The molecule has 19 heavy (non-hydrogen) atoms. The molecule has 1 aromatic heterocycles. The van der Waals surface area contributed by atoms with Gasteiger partial charge in [0.15, 0.2) is 0 Å². The summed E-state index contributed by atoms with van der Waals surface area (Å²) in [6.45, 7) is 2.91. The number of hydrogen-bond acceptors (Lipinski definition) is 5. The van der Waals surface area contributed by atoms with Crippen LogP contribution in [0.5, 0.6) is 0 Å². The number of pyridine rings is 1. The van der Waals surface area contributed by atoms with Gasteiger partial charge in [0.1, 0.15) is 5.82 Å². The van der Waals surface area contributed by atoms with Crippen LogP contribution in [0.4, 0.5) is 11.5 Å². The molecule has 6 heteroatoms. The highest BCUT2D eigenvalue weighted by molar-refractivity contribution is 5.99. The molecule has 0 aromatic carbocycles. The summed E-state index contributed by atoms with van der Waals surface area (Å²) in [4.78, 5) is 17.7. The minimum Gasteiger partial charge on any atom is -0.384 e. The number of aromatic nitrogens is 1. The molecular weight excluding hydrogens is 244 g/mol. The summed E-state index contributed by atoms with van der Waals surface area (Å²) in [6.07, 6.45) is 3.73. The van der Waals surface area contributed by atoms with Gasteiger partial charge in [-0.3, -0.25) is 4.79 Å². The van der Waals surface area contributed by atoms with Crippen molar-refractivity contribution < 1.29 is 9.53 Å². The molecule has 0 saturated carbocycles. The Morgan fingerprint density at radius 1 is 1.58 bits per heavy atom. The maximum Gasteiger partial charge on any atom is 0.251 e. The molecule has 6 nitrogen and oxygen atoms in total. The summed E-state index contributed by atoms with van der Waals surface area (Å²) in [5.74, 6) is -0.179. The molecule has 1 aromatic rings. The molecule has 0 radical (unpaired) electrons. The first-order chi connectivity index (χ1) is 9.02. The molecule has 4 N–H and O–H groups in total. The molecule has 1 fully saturated rings. The molecule has 0 aliphatic carbocycles. The number of piperidine rings is 1. The quantitative estimate of drug-likeness (QED) is 0.840. The van der Waals surface area contributed by atoms with E-state index in [1.807, 2.05) is 0 Å². The zero-order valence-electron chi connectivity index (χ0n) is 11.3. The molecule has 2 atom stereocenters. The minimum atomic E-state index is -0.481. The number of ether oxygens (including phenoxy) is 1. The van der Waals surface area contributed by atoms with Gasteiger partial charge in [0, 0.05) is 19.7 Å².